The molecule has 2 aromatic rings. The standard InChI is InChI=1S/C21H27N3O2/c1-24(2)20(17-8-5-9-19(13-17)26-3)14-22-21(25)23-18-11-10-15-6-4-7-16(15)12-18/h5,8-13,20H,4,6-7,14H2,1-3H3,(H2,22,23,25). The third kappa shape index (κ3) is 4.35. The van der Waals surface area contributed by atoms with Gasteiger partial charge < -0.3 is 20.3 Å². The van der Waals surface area contributed by atoms with E-state index in [-0.39, 0.29) is 12.1 Å². The van der Waals surface area contributed by atoms with Gasteiger partial charge in [0.05, 0.1) is 13.2 Å². The van der Waals surface area contributed by atoms with Gasteiger partial charge >= 0.3 is 6.03 Å². The summed E-state index contributed by atoms with van der Waals surface area (Å²) in [6.45, 7) is 0.511. The minimum Gasteiger partial charge on any atom is -0.497 e. The maximum atomic E-state index is 12.3. The van der Waals surface area contributed by atoms with Crippen molar-refractivity contribution in [3.63, 3.8) is 0 Å². The lowest BCUT2D eigenvalue weighted by Gasteiger charge is -2.25. The fourth-order valence-corrected chi connectivity index (χ4v) is 3.46. The number of anilines is 1. The monoisotopic (exact) mass is 353 g/mol. The number of urea groups is 1. The number of methoxy groups -OCH3 is 1. The highest BCUT2D eigenvalue weighted by Crippen LogP contribution is 2.25. The van der Waals surface area contributed by atoms with Crippen LogP contribution < -0.4 is 15.4 Å². The molecule has 0 saturated heterocycles. The van der Waals surface area contributed by atoms with Gasteiger partial charge in [0.25, 0.3) is 0 Å². The van der Waals surface area contributed by atoms with E-state index in [2.05, 4.69) is 27.7 Å². The number of hydrogen-bond acceptors (Lipinski definition) is 3. The van der Waals surface area contributed by atoms with Crippen molar-refractivity contribution in [1.29, 1.82) is 0 Å². The van der Waals surface area contributed by atoms with Gasteiger partial charge in [-0.2, -0.15) is 0 Å². The molecular weight excluding hydrogens is 326 g/mol. The number of ether oxygens (including phenoxy) is 1. The highest BCUT2D eigenvalue weighted by molar-refractivity contribution is 5.89. The number of likely N-dealkylation sites (N-methyl/N-ethyl adjacent to an activating group) is 1. The van der Waals surface area contributed by atoms with Crippen molar-refractivity contribution in [3.05, 3.63) is 59.2 Å². The molecule has 0 aliphatic heterocycles. The summed E-state index contributed by atoms with van der Waals surface area (Å²) in [5.41, 5.74) is 4.71. The molecule has 138 valence electrons. The van der Waals surface area contributed by atoms with Gasteiger partial charge in [0.2, 0.25) is 0 Å². The zero-order valence-electron chi connectivity index (χ0n) is 15.7. The summed E-state index contributed by atoms with van der Waals surface area (Å²) in [6, 6.07) is 14.0. The molecule has 3 rings (SSSR count). The predicted molar refractivity (Wildman–Crippen MR) is 105 cm³/mol. The second-order valence-corrected chi connectivity index (χ2v) is 6.93. The molecule has 2 aromatic carbocycles. The topological polar surface area (TPSA) is 53.6 Å². The number of amides is 2. The van der Waals surface area contributed by atoms with Gasteiger partial charge in [-0.25, -0.2) is 4.79 Å². The summed E-state index contributed by atoms with van der Waals surface area (Å²) in [4.78, 5) is 14.4. The van der Waals surface area contributed by atoms with E-state index in [0.717, 1.165) is 29.8 Å². The number of carbonyl (C=O) groups is 1. The lowest BCUT2D eigenvalue weighted by atomic mass is 10.1. The minimum absolute atomic E-state index is 0.0656. The molecule has 0 radical (unpaired) electrons. The van der Waals surface area contributed by atoms with Gasteiger partial charge in [0, 0.05) is 12.2 Å². The third-order valence-corrected chi connectivity index (χ3v) is 4.91. The van der Waals surface area contributed by atoms with E-state index in [1.807, 2.05) is 44.4 Å². The summed E-state index contributed by atoms with van der Waals surface area (Å²) >= 11 is 0. The third-order valence-electron chi connectivity index (χ3n) is 4.91. The van der Waals surface area contributed by atoms with E-state index in [0.29, 0.717) is 6.54 Å². The summed E-state index contributed by atoms with van der Waals surface area (Å²) in [5.74, 6) is 0.817. The first-order valence-corrected chi connectivity index (χ1v) is 9.04. The van der Waals surface area contributed by atoms with Crippen LogP contribution in [0.15, 0.2) is 42.5 Å². The zero-order chi connectivity index (χ0) is 18.5. The second-order valence-electron chi connectivity index (χ2n) is 6.93. The van der Waals surface area contributed by atoms with Gasteiger partial charge in [-0.15, -0.1) is 0 Å². The first-order valence-electron chi connectivity index (χ1n) is 9.04. The van der Waals surface area contributed by atoms with Crippen LogP contribution in [0.1, 0.15) is 29.2 Å². The fourth-order valence-electron chi connectivity index (χ4n) is 3.46. The van der Waals surface area contributed by atoms with Crippen LogP contribution >= 0.6 is 0 Å². The number of aryl methyl sites for hydroxylation is 2. The van der Waals surface area contributed by atoms with Crippen LogP contribution in [0.5, 0.6) is 5.75 Å². The van der Waals surface area contributed by atoms with Crippen molar-refractivity contribution in [2.75, 3.05) is 33.1 Å². The van der Waals surface area contributed by atoms with E-state index in [1.165, 1.54) is 17.5 Å². The maximum Gasteiger partial charge on any atom is 0.319 e. The molecule has 0 saturated carbocycles. The van der Waals surface area contributed by atoms with Crippen LogP contribution in [0.2, 0.25) is 0 Å². The summed E-state index contributed by atoms with van der Waals surface area (Å²) in [5, 5.41) is 5.93. The summed E-state index contributed by atoms with van der Waals surface area (Å²) < 4.78 is 5.31. The van der Waals surface area contributed by atoms with Crippen LogP contribution in [-0.2, 0) is 12.8 Å². The number of fused-ring (bicyclic) bond motifs is 1. The minimum atomic E-state index is -0.183. The first kappa shape index (κ1) is 18.3. The molecule has 2 N–H and O–H groups in total. The SMILES string of the molecule is COc1cccc(C(CNC(=O)Nc2ccc3c(c2)CCC3)N(C)C)c1. The average molecular weight is 353 g/mol. The van der Waals surface area contributed by atoms with Crippen molar-refractivity contribution < 1.29 is 9.53 Å². The summed E-state index contributed by atoms with van der Waals surface area (Å²) in [6.07, 6.45) is 3.45. The van der Waals surface area contributed by atoms with Crippen molar-refractivity contribution in [2.24, 2.45) is 0 Å². The van der Waals surface area contributed by atoms with E-state index in [9.17, 15) is 4.79 Å². The van der Waals surface area contributed by atoms with Gasteiger partial charge in [-0.3, -0.25) is 0 Å². The smallest absolute Gasteiger partial charge is 0.319 e. The van der Waals surface area contributed by atoms with E-state index < -0.39 is 0 Å². The Balaban J connectivity index is 1.61. The first-order chi connectivity index (χ1) is 12.6. The Kier molecular flexibility index (Phi) is 5.78. The Bertz CT molecular complexity index is 774. The number of carbonyl (C=O) groups excluding carboxylic acids is 1. The molecule has 1 atom stereocenters. The lowest BCUT2D eigenvalue weighted by Crippen LogP contribution is -2.36. The van der Waals surface area contributed by atoms with E-state index >= 15 is 0 Å². The molecule has 1 aliphatic rings. The molecule has 0 heterocycles. The van der Waals surface area contributed by atoms with Crippen molar-refractivity contribution >= 4 is 11.7 Å². The molecule has 5 nitrogen and oxygen atoms in total. The van der Waals surface area contributed by atoms with Gasteiger partial charge in [0.1, 0.15) is 5.75 Å². The molecule has 2 amide bonds. The number of nitrogens with zero attached hydrogens (tertiary/aromatic N) is 1. The average Bonchev–Trinajstić information content (AvgIpc) is 3.09. The Morgan fingerprint density at radius 3 is 2.73 bits per heavy atom. The van der Waals surface area contributed by atoms with Crippen LogP contribution in [0.4, 0.5) is 10.5 Å². The van der Waals surface area contributed by atoms with Crippen LogP contribution in [0, 0.1) is 0 Å². The summed E-state index contributed by atoms with van der Waals surface area (Å²) in [7, 11) is 5.67. The molecule has 5 heteroatoms. The molecule has 0 fully saturated rings. The predicted octanol–water partition coefficient (Wildman–Crippen LogP) is 3.61. The highest BCUT2D eigenvalue weighted by atomic mass is 16.5. The molecule has 0 aromatic heterocycles. The zero-order valence-corrected chi connectivity index (χ0v) is 15.7. The van der Waals surface area contributed by atoms with Crippen LogP contribution in [-0.4, -0.2) is 38.7 Å². The normalized spacial score (nSPS) is 14.0. The maximum absolute atomic E-state index is 12.3. The number of hydrogen-bond donors (Lipinski definition) is 2. The highest BCUT2D eigenvalue weighted by Gasteiger charge is 2.16. The van der Waals surface area contributed by atoms with Crippen molar-refractivity contribution in [1.82, 2.24) is 10.2 Å². The quantitative estimate of drug-likeness (QED) is 0.834. The molecule has 1 aliphatic carbocycles. The Morgan fingerprint density at radius 2 is 1.96 bits per heavy atom. The van der Waals surface area contributed by atoms with Crippen LogP contribution in [0.25, 0.3) is 0 Å². The fraction of sp³-hybridized carbons (Fsp3) is 0.381. The molecule has 26 heavy (non-hydrogen) atoms. The van der Waals surface area contributed by atoms with E-state index in [1.54, 1.807) is 7.11 Å². The number of nitrogens with one attached hydrogen (secondary N) is 2. The van der Waals surface area contributed by atoms with Gasteiger partial charge in [-0.05, 0) is 74.3 Å². The number of benzene rings is 2. The van der Waals surface area contributed by atoms with Crippen molar-refractivity contribution in [3.8, 4) is 5.75 Å². The Labute approximate surface area is 155 Å². The molecule has 0 bridgehead atoms. The van der Waals surface area contributed by atoms with Crippen LogP contribution in [0.3, 0.4) is 0 Å². The Morgan fingerprint density at radius 1 is 1.15 bits per heavy atom. The molecular formula is C21H27N3O2. The second kappa shape index (κ2) is 8.23. The lowest BCUT2D eigenvalue weighted by molar-refractivity contribution is 0.243. The van der Waals surface area contributed by atoms with E-state index in [4.69, 9.17) is 4.74 Å². The Hall–Kier alpha value is -2.53. The van der Waals surface area contributed by atoms with Gasteiger partial charge in [-0.1, -0.05) is 18.2 Å². The van der Waals surface area contributed by atoms with Gasteiger partial charge in [0.15, 0.2) is 0 Å². The van der Waals surface area contributed by atoms with Crippen molar-refractivity contribution in [2.45, 2.75) is 25.3 Å². The largest absolute Gasteiger partial charge is 0.497 e. The molecule has 0 spiro atoms. The molecule has 1 unspecified atom stereocenters. The number of rotatable bonds is 6.